The molecule has 32 heavy (non-hydrogen) atoms. The van der Waals surface area contributed by atoms with Crippen LogP contribution in [0.15, 0.2) is 30.3 Å². The van der Waals surface area contributed by atoms with Crippen molar-refractivity contribution in [2.24, 2.45) is 5.92 Å². The van der Waals surface area contributed by atoms with E-state index in [1.165, 1.54) is 56.7 Å². The Morgan fingerprint density at radius 1 is 0.906 bits per heavy atom. The van der Waals surface area contributed by atoms with Gasteiger partial charge in [-0.25, -0.2) is 8.78 Å². The van der Waals surface area contributed by atoms with E-state index in [2.05, 4.69) is 6.92 Å². The molecule has 2 unspecified atom stereocenters. The zero-order valence-electron chi connectivity index (χ0n) is 19.3. The second-order valence-corrected chi connectivity index (χ2v) is 8.79. The topological polar surface area (TPSA) is 18.5 Å². The second kappa shape index (κ2) is 12.3. The van der Waals surface area contributed by atoms with Crippen LogP contribution in [0.5, 0.6) is 5.75 Å². The van der Waals surface area contributed by atoms with E-state index in [4.69, 9.17) is 9.47 Å². The minimum atomic E-state index is -1.04. The van der Waals surface area contributed by atoms with Gasteiger partial charge in [-0.15, -0.1) is 0 Å². The van der Waals surface area contributed by atoms with E-state index < -0.39 is 17.5 Å². The molecule has 0 radical (unpaired) electrons. The number of rotatable bonds is 11. The van der Waals surface area contributed by atoms with Gasteiger partial charge < -0.3 is 9.47 Å². The van der Waals surface area contributed by atoms with E-state index in [1.807, 2.05) is 6.92 Å². The Labute approximate surface area is 190 Å². The molecule has 176 valence electrons. The summed E-state index contributed by atoms with van der Waals surface area (Å²) in [5.74, 6) is -2.10. The summed E-state index contributed by atoms with van der Waals surface area (Å²) >= 11 is 0. The standard InChI is InChI=1S/C27H35F3O2/c1-3-5-6-7-8-9-19-10-14-24(32-18-19)22-12-11-20(17-23(22)28)21-13-15-25(31-16-4-2)27(30)26(21)29/h11-13,15,17,19,24H,3-10,14,16,18H2,1-2H3. The van der Waals surface area contributed by atoms with Crippen molar-refractivity contribution in [3.8, 4) is 16.9 Å². The number of unbranched alkanes of at least 4 members (excludes halogenated alkanes) is 4. The SMILES string of the molecule is CCCCCCCC1CCC(c2ccc(-c3ccc(OCCC)c(F)c3F)cc2F)OC1. The monoisotopic (exact) mass is 448 g/mol. The number of hydrogen-bond acceptors (Lipinski definition) is 2. The van der Waals surface area contributed by atoms with Gasteiger partial charge in [0.1, 0.15) is 5.82 Å². The molecule has 1 saturated heterocycles. The molecule has 5 heteroatoms. The minimum Gasteiger partial charge on any atom is -0.490 e. The Kier molecular flexibility index (Phi) is 9.46. The summed E-state index contributed by atoms with van der Waals surface area (Å²) in [5, 5.41) is 0. The first-order chi connectivity index (χ1) is 15.5. The number of benzene rings is 2. The predicted octanol–water partition coefficient (Wildman–Crippen LogP) is 8.39. The van der Waals surface area contributed by atoms with Crippen LogP contribution in [-0.4, -0.2) is 13.2 Å². The van der Waals surface area contributed by atoms with E-state index in [-0.39, 0.29) is 17.4 Å². The van der Waals surface area contributed by atoms with Gasteiger partial charge in [0.2, 0.25) is 5.82 Å². The molecule has 0 amide bonds. The third-order valence-electron chi connectivity index (χ3n) is 6.25. The van der Waals surface area contributed by atoms with Crippen LogP contribution >= 0.6 is 0 Å². The van der Waals surface area contributed by atoms with Crippen molar-refractivity contribution in [1.29, 1.82) is 0 Å². The fourth-order valence-corrected chi connectivity index (χ4v) is 4.35. The van der Waals surface area contributed by atoms with Crippen molar-refractivity contribution in [2.75, 3.05) is 13.2 Å². The quantitative estimate of drug-likeness (QED) is 0.321. The first-order valence-corrected chi connectivity index (χ1v) is 12.1. The lowest BCUT2D eigenvalue weighted by atomic mass is 9.90. The first-order valence-electron chi connectivity index (χ1n) is 12.1. The number of halogens is 3. The van der Waals surface area contributed by atoms with Crippen molar-refractivity contribution in [3.05, 3.63) is 53.3 Å². The maximum atomic E-state index is 14.9. The molecule has 0 aromatic heterocycles. The lowest BCUT2D eigenvalue weighted by molar-refractivity contribution is -0.0215. The summed E-state index contributed by atoms with van der Waals surface area (Å²) in [6.07, 6.45) is 9.72. The van der Waals surface area contributed by atoms with Gasteiger partial charge >= 0.3 is 0 Å². The molecule has 0 aliphatic carbocycles. The van der Waals surface area contributed by atoms with E-state index >= 15 is 0 Å². The highest BCUT2D eigenvalue weighted by atomic mass is 19.2. The highest BCUT2D eigenvalue weighted by Crippen LogP contribution is 2.36. The number of hydrogen-bond donors (Lipinski definition) is 0. The van der Waals surface area contributed by atoms with Crippen molar-refractivity contribution in [1.82, 2.24) is 0 Å². The summed E-state index contributed by atoms with van der Waals surface area (Å²) in [6, 6.07) is 7.36. The van der Waals surface area contributed by atoms with E-state index in [9.17, 15) is 13.2 Å². The van der Waals surface area contributed by atoms with Crippen LogP contribution < -0.4 is 4.74 Å². The molecule has 0 saturated carbocycles. The molecule has 1 fully saturated rings. The van der Waals surface area contributed by atoms with Crippen molar-refractivity contribution >= 4 is 0 Å². The minimum absolute atomic E-state index is 0.0181. The fourth-order valence-electron chi connectivity index (χ4n) is 4.35. The van der Waals surface area contributed by atoms with Crippen LogP contribution in [0.25, 0.3) is 11.1 Å². The Bertz CT molecular complexity index is 860. The van der Waals surface area contributed by atoms with Gasteiger partial charge in [0.15, 0.2) is 11.6 Å². The molecular formula is C27H35F3O2. The van der Waals surface area contributed by atoms with E-state index in [1.54, 1.807) is 12.1 Å². The van der Waals surface area contributed by atoms with Gasteiger partial charge in [-0.3, -0.25) is 0 Å². The van der Waals surface area contributed by atoms with Crippen LogP contribution in [0.4, 0.5) is 13.2 Å². The second-order valence-electron chi connectivity index (χ2n) is 8.79. The maximum Gasteiger partial charge on any atom is 0.201 e. The van der Waals surface area contributed by atoms with Crippen LogP contribution in [0.3, 0.4) is 0 Å². The van der Waals surface area contributed by atoms with Crippen LogP contribution in [0.2, 0.25) is 0 Å². The number of ether oxygens (including phenoxy) is 2. The molecule has 2 nitrogen and oxygen atoms in total. The lowest BCUT2D eigenvalue weighted by Gasteiger charge is -2.29. The summed E-state index contributed by atoms with van der Waals surface area (Å²) in [5.41, 5.74) is 0.800. The summed E-state index contributed by atoms with van der Waals surface area (Å²) in [6.45, 7) is 5.06. The summed E-state index contributed by atoms with van der Waals surface area (Å²) in [7, 11) is 0. The molecule has 1 aliphatic heterocycles. The normalized spacial score (nSPS) is 18.7. The van der Waals surface area contributed by atoms with Gasteiger partial charge in [0.05, 0.1) is 19.3 Å². The molecule has 1 aliphatic rings. The van der Waals surface area contributed by atoms with Crippen molar-refractivity contribution < 1.29 is 22.6 Å². The third-order valence-corrected chi connectivity index (χ3v) is 6.25. The smallest absolute Gasteiger partial charge is 0.201 e. The maximum absolute atomic E-state index is 14.9. The molecule has 2 aromatic rings. The van der Waals surface area contributed by atoms with E-state index in [0.29, 0.717) is 36.7 Å². The van der Waals surface area contributed by atoms with Crippen molar-refractivity contribution in [3.63, 3.8) is 0 Å². The van der Waals surface area contributed by atoms with E-state index in [0.717, 1.165) is 12.8 Å². The third kappa shape index (κ3) is 6.28. The Hall–Kier alpha value is -2.01. The fraction of sp³-hybridized carbons (Fsp3) is 0.556. The summed E-state index contributed by atoms with van der Waals surface area (Å²) in [4.78, 5) is 0. The Morgan fingerprint density at radius 2 is 1.72 bits per heavy atom. The van der Waals surface area contributed by atoms with Crippen LogP contribution in [0, 0.1) is 23.4 Å². The molecule has 1 heterocycles. The van der Waals surface area contributed by atoms with Crippen LogP contribution in [-0.2, 0) is 4.74 Å². The average molecular weight is 449 g/mol. The molecule has 2 atom stereocenters. The first kappa shape index (κ1) is 24.6. The Balaban J connectivity index is 1.61. The van der Waals surface area contributed by atoms with Crippen molar-refractivity contribution in [2.45, 2.75) is 77.7 Å². The van der Waals surface area contributed by atoms with Crippen LogP contribution in [0.1, 0.15) is 83.3 Å². The molecule has 2 aromatic carbocycles. The molecular weight excluding hydrogens is 413 g/mol. The average Bonchev–Trinajstić information content (AvgIpc) is 2.80. The zero-order valence-corrected chi connectivity index (χ0v) is 19.3. The highest BCUT2D eigenvalue weighted by Gasteiger charge is 2.25. The van der Waals surface area contributed by atoms with Gasteiger partial charge in [-0.2, -0.15) is 4.39 Å². The molecule has 0 bridgehead atoms. The largest absolute Gasteiger partial charge is 0.490 e. The molecule has 3 rings (SSSR count). The van der Waals surface area contributed by atoms with Gasteiger partial charge in [0, 0.05) is 11.1 Å². The predicted molar refractivity (Wildman–Crippen MR) is 122 cm³/mol. The highest BCUT2D eigenvalue weighted by molar-refractivity contribution is 5.66. The lowest BCUT2D eigenvalue weighted by Crippen LogP contribution is -2.21. The van der Waals surface area contributed by atoms with Gasteiger partial charge in [0.25, 0.3) is 0 Å². The van der Waals surface area contributed by atoms with Gasteiger partial charge in [-0.05, 0) is 55.4 Å². The molecule has 0 spiro atoms. The molecule has 0 N–H and O–H groups in total. The summed E-state index contributed by atoms with van der Waals surface area (Å²) < 4.78 is 55.0. The van der Waals surface area contributed by atoms with Gasteiger partial charge in [-0.1, -0.05) is 58.1 Å². The Morgan fingerprint density at radius 3 is 2.41 bits per heavy atom. The zero-order chi connectivity index (χ0) is 22.9.